The highest BCUT2D eigenvalue weighted by atomic mass is 35.5. The maximum atomic E-state index is 13.6. The second-order valence-electron chi connectivity index (χ2n) is 5.21. The van der Waals surface area contributed by atoms with Crippen LogP contribution in [-0.4, -0.2) is 5.11 Å². The molecule has 0 fully saturated rings. The van der Waals surface area contributed by atoms with Gasteiger partial charge in [-0.15, -0.1) is 0 Å². The van der Waals surface area contributed by atoms with E-state index in [1.165, 1.54) is 25.7 Å². The van der Waals surface area contributed by atoms with E-state index >= 15 is 0 Å². The van der Waals surface area contributed by atoms with Crippen LogP contribution >= 0.6 is 11.6 Å². The number of benzene rings is 1. The van der Waals surface area contributed by atoms with E-state index in [2.05, 4.69) is 6.92 Å². The molecule has 1 aromatic carbocycles. The van der Waals surface area contributed by atoms with Crippen LogP contribution in [0.5, 0.6) is 0 Å². The molecule has 0 saturated carbocycles. The average molecular weight is 305 g/mol. The first-order valence-electron chi connectivity index (χ1n) is 7.38. The van der Waals surface area contributed by atoms with Gasteiger partial charge in [0.1, 0.15) is 11.6 Å². The summed E-state index contributed by atoms with van der Waals surface area (Å²) in [5.74, 6) is -1.34. The summed E-state index contributed by atoms with van der Waals surface area (Å²) in [5.41, 5.74) is -0.00196. The molecule has 1 rings (SSSR count). The highest BCUT2D eigenvalue weighted by Gasteiger charge is 2.15. The molecule has 0 spiro atoms. The predicted octanol–water partition coefficient (Wildman–Crippen LogP) is 5.79. The van der Waals surface area contributed by atoms with Gasteiger partial charge in [0.25, 0.3) is 0 Å². The lowest BCUT2D eigenvalue weighted by Gasteiger charge is -2.12. The van der Waals surface area contributed by atoms with Crippen LogP contribution in [0, 0.1) is 11.6 Å². The van der Waals surface area contributed by atoms with Gasteiger partial charge < -0.3 is 5.11 Å². The molecule has 0 heterocycles. The summed E-state index contributed by atoms with van der Waals surface area (Å²) in [5, 5.41) is 9.65. The van der Waals surface area contributed by atoms with Crippen LogP contribution in [-0.2, 0) is 0 Å². The van der Waals surface area contributed by atoms with Crippen molar-refractivity contribution in [1.82, 2.24) is 0 Å². The highest BCUT2D eigenvalue weighted by Crippen LogP contribution is 2.27. The largest absolute Gasteiger partial charge is 0.388 e. The Morgan fingerprint density at radius 1 is 1.00 bits per heavy atom. The van der Waals surface area contributed by atoms with Crippen molar-refractivity contribution in [3.63, 3.8) is 0 Å². The van der Waals surface area contributed by atoms with Crippen LogP contribution in [0.2, 0.25) is 5.02 Å². The second kappa shape index (κ2) is 9.30. The van der Waals surface area contributed by atoms with E-state index < -0.39 is 17.7 Å². The fourth-order valence-corrected chi connectivity index (χ4v) is 2.39. The Hall–Kier alpha value is -0.670. The molecule has 1 unspecified atom stereocenters. The van der Waals surface area contributed by atoms with Gasteiger partial charge in [0.2, 0.25) is 0 Å². The van der Waals surface area contributed by atoms with Gasteiger partial charge in [-0.05, 0) is 18.6 Å². The third-order valence-corrected chi connectivity index (χ3v) is 3.77. The second-order valence-corrected chi connectivity index (χ2v) is 5.62. The van der Waals surface area contributed by atoms with Gasteiger partial charge in [-0.1, -0.05) is 63.5 Å². The van der Waals surface area contributed by atoms with Crippen LogP contribution in [0.25, 0.3) is 0 Å². The van der Waals surface area contributed by atoms with Crippen molar-refractivity contribution < 1.29 is 13.9 Å². The molecule has 0 radical (unpaired) electrons. The standard InChI is InChI=1S/C16H23ClF2O/c1-2-3-4-5-6-7-8-9-16(20)12-10-15(19)13(17)11-14(12)18/h10-11,16,20H,2-9H2,1H3. The molecule has 20 heavy (non-hydrogen) atoms. The first-order valence-corrected chi connectivity index (χ1v) is 7.76. The van der Waals surface area contributed by atoms with E-state index in [-0.39, 0.29) is 10.6 Å². The Morgan fingerprint density at radius 2 is 1.60 bits per heavy atom. The molecule has 1 nitrogen and oxygen atoms in total. The quantitative estimate of drug-likeness (QED) is 0.452. The lowest BCUT2D eigenvalue weighted by molar-refractivity contribution is 0.158. The van der Waals surface area contributed by atoms with Crippen LogP contribution < -0.4 is 0 Å². The van der Waals surface area contributed by atoms with Crippen LogP contribution in [0.3, 0.4) is 0 Å². The van der Waals surface area contributed by atoms with Crippen molar-refractivity contribution >= 4 is 11.6 Å². The lowest BCUT2D eigenvalue weighted by Crippen LogP contribution is -2.02. The number of hydrogen-bond acceptors (Lipinski definition) is 1. The number of aliphatic hydroxyl groups is 1. The Kier molecular flexibility index (Phi) is 8.08. The molecule has 0 bridgehead atoms. The van der Waals surface area contributed by atoms with Gasteiger partial charge in [0.15, 0.2) is 0 Å². The van der Waals surface area contributed by atoms with Gasteiger partial charge in [0.05, 0.1) is 11.1 Å². The Morgan fingerprint density at radius 3 is 2.25 bits per heavy atom. The molecule has 114 valence electrons. The topological polar surface area (TPSA) is 20.2 Å². The third kappa shape index (κ3) is 5.76. The van der Waals surface area contributed by atoms with Crippen molar-refractivity contribution in [3.8, 4) is 0 Å². The molecule has 0 aliphatic heterocycles. The minimum atomic E-state index is -0.961. The molecular weight excluding hydrogens is 282 g/mol. The average Bonchev–Trinajstić information content (AvgIpc) is 2.41. The summed E-state index contributed by atoms with van der Waals surface area (Å²) in [7, 11) is 0. The van der Waals surface area contributed by atoms with E-state index in [0.717, 1.165) is 31.4 Å². The van der Waals surface area contributed by atoms with Gasteiger partial charge in [0, 0.05) is 5.56 Å². The zero-order valence-electron chi connectivity index (χ0n) is 12.0. The molecule has 1 atom stereocenters. The molecule has 0 aromatic heterocycles. The van der Waals surface area contributed by atoms with Crippen LogP contribution in [0.1, 0.15) is 70.0 Å². The van der Waals surface area contributed by atoms with E-state index in [4.69, 9.17) is 11.6 Å². The van der Waals surface area contributed by atoms with Gasteiger partial charge >= 0.3 is 0 Å². The van der Waals surface area contributed by atoms with E-state index in [9.17, 15) is 13.9 Å². The summed E-state index contributed by atoms with van der Waals surface area (Å²) >= 11 is 5.48. The molecule has 0 aliphatic rings. The van der Waals surface area contributed by atoms with Crippen LogP contribution in [0.15, 0.2) is 12.1 Å². The molecular formula is C16H23ClF2O. The molecule has 1 aromatic rings. The number of halogens is 3. The monoisotopic (exact) mass is 304 g/mol. The maximum absolute atomic E-state index is 13.6. The van der Waals surface area contributed by atoms with Crippen molar-refractivity contribution in [2.45, 2.75) is 64.4 Å². The Balaban J connectivity index is 2.32. The fourth-order valence-electron chi connectivity index (χ4n) is 2.24. The van der Waals surface area contributed by atoms with Crippen molar-refractivity contribution in [2.24, 2.45) is 0 Å². The van der Waals surface area contributed by atoms with E-state index in [1.807, 2.05) is 0 Å². The Labute approximate surface area is 125 Å². The lowest BCUT2D eigenvalue weighted by atomic mass is 10.0. The smallest absolute Gasteiger partial charge is 0.142 e. The van der Waals surface area contributed by atoms with E-state index in [0.29, 0.717) is 6.42 Å². The summed E-state index contributed by atoms with van der Waals surface area (Å²) in [6.45, 7) is 2.18. The van der Waals surface area contributed by atoms with Crippen LogP contribution in [0.4, 0.5) is 8.78 Å². The van der Waals surface area contributed by atoms with Crippen molar-refractivity contribution in [1.29, 1.82) is 0 Å². The molecule has 0 saturated heterocycles. The Bertz CT molecular complexity index is 410. The summed E-state index contributed by atoms with van der Waals surface area (Å²) < 4.78 is 26.9. The molecule has 4 heteroatoms. The molecule has 0 aliphatic carbocycles. The maximum Gasteiger partial charge on any atom is 0.142 e. The van der Waals surface area contributed by atoms with Gasteiger partial charge in [-0.25, -0.2) is 8.78 Å². The molecule has 1 N–H and O–H groups in total. The summed E-state index contributed by atoms with van der Waals surface area (Å²) in [6, 6.07) is 1.91. The summed E-state index contributed by atoms with van der Waals surface area (Å²) in [4.78, 5) is 0. The van der Waals surface area contributed by atoms with Crippen molar-refractivity contribution in [3.05, 3.63) is 34.4 Å². The van der Waals surface area contributed by atoms with Gasteiger partial charge in [-0.3, -0.25) is 0 Å². The zero-order chi connectivity index (χ0) is 15.0. The van der Waals surface area contributed by atoms with E-state index in [1.54, 1.807) is 0 Å². The normalized spacial score (nSPS) is 12.7. The first kappa shape index (κ1) is 17.4. The fraction of sp³-hybridized carbons (Fsp3) is 0.625. The number of hydrogen-bond donors (Lipinski definition) is 1. The van der Waals surface area contributed by atoms with Gasteiger partial charge in [-0.2, -0.15) is 0 Å². The molecule has 0 amide bonds. The number of rotatable bonds is 9. The third-order valence-electron chi connectivity index (χ3n) is 3.48. The van der Waals surface area contributed by atoms with Crippen molar-refractivity contribution in [2.75, 3.05) is 0 Å². The minimum Gasteiger partial charge on any atom is -0.388 e. The zero-order valence-corrected chi connectivity index (χ0v) is 12.7. The minimum absolute atomic E-state index is 0.00196. The first-order chi connectivity index (χ1) is 9.56. The highest BCUT2D eigenvalue weighted by molar-refractivity contribution is 6.30. The SMILES string of the molecule is CCCCCCCCCC(O)c1cc(F)c(Cl)cc1F. The number of aliphatic hydroxyl groups excluding tert-OH is 1. The number of unbranched alkanes of at least 4 members (excludes halogenated alkanes) is 6. The summed E-state index contributed by atoms with van der Waals surface area (Å²) in [6.07, 6.45) is 7.38. The predicted molar refractivity (Wildman–Crippen MR) is 78.9 cm³/mol.